The van der Waals surface area contributed by atoms with Gasteiger partial charge in [-0.1, -0.05) is 18.2 Å². The van der Waals surface area contributed by atoms with Gasteiger partial charge in [0.2, 0.25) is 0 Å². The van der Waals surface area contributed by atoms with E-state index in [0.717, 1.165) is 18.7 Å². The second-order valence-electron chi connectivity index (χ2n) is 4.63. The van der Waals surface area contributed by atoms with Crippen molar-refractivity contribution in [3.05, 3.63) is 58.7 Å². The first-order valence-corrected chi connectivity index (χ1v) is 6.06. The number of rotatable bonds is 1. The minimum atomic E-state index is 0.981. The summed E-state index contributed by atoms with van der Waals surface area (Å²) in [6.45, 7) is 4.40. The third kappa shape index (κ3) is 1.60. The quantitative estimate of drug-likeness (QED) is 0.790. The van der Waals surface area contributed by atoms with Crippen LogP contribution in [0.15, 0.2) is 30.6 Å². The molecule has 17 heavy (non-hydrogen) atoms. The number of fused-ring (bicyclic) bond motifs is 1. The second kappa shape index (κ2) is 3.88. The Morgan fingerprint density at radius 2 is 2.12 bits per heavy atom. The van der Waals surface area contributed by atoms with E-state index in [2.05, 4.69) is 42.0 Å². The van der Waals surface area contributed by atoms with Crippen molar-refractivity contribution >= 4 is 5.57 Å². The van der Waals surface area contributed by atoms with Crippen LogP contribution in [0, 0.1) is 13.8 Å². The normalized spacial score (nSPS) is 14.4. The zero-order valence-corrected chi connectivity index (χ0v) is 10.2. The van der Waals surface area contributed by atoms with Crippen LogP contribution in [-0.4, -0.2) is 9.97 Å². The van der Waals surface area contributed by atoms with E-state index in [1.165, 1.54) is 27.8 Å². The monoisotopic (exact) mass is 224 g/mol. The van der Waals surface area contributed by atoms with Gasteiger partial charge in [0.1, 0.15) is 5.82 Å². The van der Waals surface area contributed by atoms with E-state index < -0.39 is 0 Å². The molecule has 1 aromatic heterocycles. The lowest BCUT2D eigenvalue weighted by Crippen LogP contribution is -2.05. The Balaban J connectivity index is 2.18. The van der Waals surface area contributed by atoms with Crippen molar-refractivity contribution in [2.75, 3.05) is 0 Å². The molecule has 0 radical (unpaired) electrons. The molecule has 0 spiro atoms. The van der Waals surface area contributed by atoms with E-state index >= 15 is 0 Å². The number of imidazole rings is 1. The lowest BCUT2D eigenvalue weighted by Gasteiger charge is -2.20. The predicted octanol–water partition coefficient (Wildman–Crippen LogP) is 3.40. The Kier molecular flexibility index (Phi) is 2.36. The molecule has 1 N–H and O–H groups in total. The SMILES string of the molecule is Cc1ccc2c(c1C)CCC=C2c1ncc[nH]1. The number of aromatic amines is 1. The van der Waals surface area contributed by atoms with Gasteiger partial charge in [-0.15, -0.1) is 0 Å². The van der Waals surface area contributed by atoms with Gasteiger partial charge in [0.05, 0.1) is 0 Å². The second-order valence-corrected chi connectivity index (χ2v) is 4.63. The Bertz CT molecular complexity index is 577. The molecule has 0 bridgehead atoms. The summed E-state index contributed by atoms with van der Waals surface area (Å²) in [4.78, 5) is 7.57. The topological polar surface area (TPSA) is 28.7 Å². The van der Waals surface area contributed by atoms with Crippen LogP contribution in [0.3, 0.4) is 0 Å². The van der Waals surface area contributed by atoms with Gasteiger partial charge in [0.25, 0.3) is 0 Å². The largest absolute Gasteiger partial charge is 0.345 e. The lowest BCUT2D eigenvalue weighted by molar-refractivity contribution is 0.953. The smallest absolute Gasteiger partial charge is 0.137 e. The molecule has 1 heterocycles. The van der Waals surface area contributed by atoms with E-state index in [-0.39, 0.29) is 0 Å². The van der Waals surface area contributed by atoms with Crippen molar-refractivity contribution in [1.29, 1.82) is 0 Å². The zero-order valence-electron chi connectivity index (χ0n) is 10.2. The molecule has 0 aliphatic heterocycles. The molecule has 0 saturated heterocycles. The van der Waals surface area contributed by atoms with Gasteiger partial charge >= 0.3 is 0 Å². The maximum Gasteiger partial charge on any atom is 0.137 e. The molecule has 0 atom stereocenters. The number of aromatic nitrogens is 2. The van der Waals surface area contributed by atoms with E-state index in [1.54, 1.807) is 0 Å². The zero-order chi connectivity index (χ0) is 11.8. The Labute approximate surface area is 101 Å². The highest BCUT2D eigenvalue weighted by Gasteiger charge is 2.17. The van der Waals surface area contributed by atoms with Gasteiger partial charge in [-0.2, -0.15) is 0 Å². The molecule has 1 aliphatic rings. The van der Waals surface area contributed by atoms with E-state index in [9.17, 15) is 0 Å². The molecule has 3 rings (SSSR count). The number of hydrogen-bond acceptors (Lipinski definition) is 1. The Morgan fingerprint density at radius 1 is 1.24 bits per heavy atom. The average molecular weight is 224 g/mol. The fraction of sp³-hybridized carbons (Fsp3) is 0.267. The molecule has 2 aromatic rings. The van der Waals surface area contributed by atoms with E-state index in [4.69, 9.17) is 0 Å². The van der Waals surface area contributed by atoms with Crippen molar-refractivity contribution in [3.63, 3.8) is 0 Å². The number of nitrogens with zero attached hydrogens (tertiary/aromatic N) is 1. The van der Waals surface area contributed by atoms with Crippen molar-refractivity contribution < 1.29 is 0 Å². The molecular formula is C15H16N2. The van der Waals surface area contributed by atoms with Gasteiger partial charge in [-0.05, 0) is 48.9 Å². The summed E-state index contributed by atoms with van der Waals surface area (Å²) in [5, 5.41) is 0. The molecule has 86 valence electrons. The molecule has 2 nitrogen and oxygen atoms in total. The summed E-state index contributed by atoms with van der Waals surface area (Å²) in [7, 11) is 0. The van der Waals surface area contributed by atoms with Crippen LogP contribution < -0.4 is 0 Å². The van der Waals surface area contributed by atoms with Crippen LogP contribution in [0.1, 0.15) is 34.5 Å². The highest BCUT2D eigenvalue weighted by molar-refractivity contribution is 5.80. The van der Waals surface area contributed by atoms with Crippen molar-refractivity contribution in [3.8, 4) is 0 Å². The van der Waals surface area contributed by atoms with Crippen molar-refractivity contribution in [2.24, 2.45) is 0 Å². The van der Waals surface area contributed by atoms with Crippen LogP contribution >= 0.6 is 0 Å². The molecule has 2 heteroatoms. The molecule has 1 aromatic carbocycles. The number of hydrogen-bond donors (Lipinski definition) is 1. The summed E-state index contributed by atoms with van der Waals surface area (Å²) in [6, 6.07) is 4.43. The fourth-order valence-corrected chi connectivity index (χ4v) is 2.56. The minimum absolute atomic E-state index is 0.981. The summed E-state index contributed by atoms with van der Waals surface area (Å²) in [6.07, 6.45) is 8.23. The first-order chi connectivity index (χ1) is 8.27. The summed E-state index contributed by atoms with van der Waals surface area (Å²) < 4.78 is 0. The molecule has 0 unspecified atom stereocenters. The van der Waals surface area contributed by atoms with Gasteiger partial charge in [-0.25, -0.2) is 4.98 Å². The molecule has 0 amide bonds. The Morgan fingerprint density at radius 3 is 2.88 bits per heavy atom. The highest BCUT2D eigenvalue weighted by Crippen LogP contribution is 2.32. The van der Waals surface area contributed by atoms with E-state index in [1.807, 2.05) is 12.4 Å². The number of H-pyrrole nitrogens is 1. The van der Waals surface area contributed by atoms with Crippen LogP contribution in [0.5, 0.6) is 0 Å². The van der Waals surface area contributed by atoms with Gasteiger partial charge in [-0.3, -0.25) is 0 Å². The standard InChI is InChI=1S/C15H16N2/c1-10-6-7-13-12(11(10)2)4-3-5-14(13)15-16-8-9-17-15/h5-9H,3-4H2,1-2H3,(H,16,17). The first-order valence-electron chi connectivity index (χ1n) is 6.06. The van der Waals surface area contributed by atoms with Crippen LogP contribution in [-0.2, 0) is 6.42 Å². The van der Waals surface area contributed by atoms with E-state index in [0.29, 0.717) is 0 Å². The maximum absolute atomic E-state index is 4.37. The fourth-order valence-electron chi connectivity index (χ4n) is 2.56. The summed E-state index contributed by atoms with van der Waals surface area (Å²) in [5.41, 5.74) is 6.89. The van der Waals surface area contributed by atoms with Crippen molar-refractivity contribution in [2.45, 2.75) is 26.7 Å². The average Bonchev–Trinajstić information content (AvgIpc) is 2.87. The van der Waals surface area contributed by atoms with Gasteiger partial charge in [0, 0.05) is 18.0 Å². The van der Waals surface area contributed by atoms with Gasteiger partial charge in [0.15, 0.2) is 0 Å². The minimum Gasteiger partial charge on any atom is -0.345 e. The number of aryl methyl sites for hydroxylation is 1. The third-order valence-electron chi connectivity index (χ3n) is 3.66. The summed E-state index contributed by atoms with van der Waals surface area (Å²) in [5.74, 6) is 0.981. The number of benzene rings is 1. The Hall–Kier alpha value is -1.83. The highest BCUT2D eigenvalue weighted by atomic mass is 14.9. The van der Waals surface area contributed by atoms with Crippen LogP contribution in [0.4, 0.5) is 0 Å². The molecule has 1 aliphatic carbocycles. The number of nitrogens with one attached hydrogen (secondary N) is 1. The molecular weight excluding hydrogens is 208 g/mol. The molecule has 0 fully saturated rings. The maximum atomic E-state index is 4.37. The van der Waals surface area contributed by atoms with Crippen LogP contribution in [0.2, 0.25) is 0 Å². The third-order valence-corrected chi connectivity index (χ3v) is 3.66. The first kappa shape index (κ1) is 10.3. The predicted molar refractivity (Wildman–Crippen MR) is 69.9 cm³/mol. The van der Waals surface area contributed by atoms with Crippen molar-refractivity contribution in [1.82, 2.24) is 9.97 Å². The number of allylic oxidation sites excluding steroid dienone is 1. The lowest BCUT2D eigenvalue weighted by atomic mass is 9.86. The van der Waals surface area contributed by atoms with Gasteiger partial charge < -0.3 is 4.98 Å². The molecule has 0 saturated carbocycles. The summed E-state index contributed by atoms with van der Waals surface area (Å²) >= 11 is 0. The van der Waals surface area contributed by atoms with Crippen LogP contribution in [0.25, 0.3) is 5.57 Å².